The molecule has 4 amide bonds. The molecule has 3 aromatic carbocycles. The predicted molar refractivity (Wildman–Crippen MR) is 216 cm³/mol. The molecule has 1 aliphatic carbocycles. The maximum absolute atomic E-state index is 14.7. The fraction of sp³-hybridized carbons (Fsp3) is 0.341. The average molecular weight is 814 g/mol. The molecule has 306 valence electrons. The molecule has 58 heavy (non-hydrogen) atoms. The van der Waals surface area contributed by atoms with Crippen LogP contribution in [0, 0.1) is 5.92 Å². The van der Waals surface area contributed by atoms with E-state index in [-0.39, 0.29) is 23.0 Å². The van der Waals surface area contributed by atoms with Crippen molar-refractivity contribution in [1.29, 1.82) is 0 Å². The van der Waals surface area contributed by atoms with Crippen LogP contribution in [0.2, 0.25) is 0 Å². The van der Waals surface area contributed by atoms with Crippen molar-refractivity contribution in [3.63, 3.8) is 0 Å². The SMILES string of the molecule is C=C[C@H]1C(N)[C@@]1(NC(=O)[C@@H]1CC(Oc2cc(-c3ccccc3)nc3cc(OC)ccc23)CN1C(=O)[C@H](C)N)C(=O)N(C(=O)OC(C)(C)C)S(=O)(=O)c1ccc(N)cc1. The van der Waals surface area contributed by atoms with Crippen LogP contribution in [0.4, 0.5) is 10.5 Å². The molecule has 0 radical (unpaired) electrons. The summed E-state index contributed by atoms with van der Waals surface area (Å²) in [7, 11) is -3.42. The van der Waals surface area contributed by atoms with E-state index in [0.29, 0.717) is 28.1 Å². The summed E-state index contributed by atoms with van der Waals surface area (Å²) in [4.78, 5) is 62.1. The first kappa shape index (κ1) is 41.6. The highest BCUT2D eigenvalue weighted by molar-refractivity contribution is 7.90. The molecule has 0 bridgehead atoms. The van der Waals surface area contributed by atoms with Crippen molar-refractivity contribution >= 4 is 50.4 Å². The lowest BCUT2D eigenvalue weighted by Crippen LogP contribution is -2.61. The normalized spacial score (nSPS) is 22.1. The van der Waals surface area contributed by atoms with Crippen LogP contribution in [-0.4, -0.2) is 95.4 Å². The van der Waals surface area contributed by atoms with Crippen molar-refractivity contribution in [3.8, 4) is 22.8 Å². The molecule has 1 saturated carbocycles. The molecule has 17 heteroatoms. The summed E-state index contributed by atoms with van der Waals surface area (Å²) in [6.07, 6.45) is -1.08. The van der Waals surface area contributed by atoms with Crippen LogP contribution < -0.4 is 32.0 Å². The van der Waals surface area contributed by atoms with Gasteiger partial charge < -0.3 is 41.6 Å². The van der Waals surface area contributed by atoms with Gasteiger partial charge in [0.15, 0.2) is 0 Å². The number of hydrogen-bond acceptors (Lipinski definition) is 13. The first-order valence-corrected chi connectivity index (χ1v) is 19.9. The van der Waals surface area contributed by atoms with Crippen LogP contribution in [0.25, 0.3) is 22.2 Å². The topological polar surface area (TPSA) is 240 Å². The zero-order chi connectivity index (χ0) is 42.3. The lowest BCUT2D eigenvalue weighted by atomic mass is 10.1. The minimum atomic E-state index is -4.97. The van der Waals surface area contributed by atoms with Crippen LogP contribution in [-0.2, 0) is 29.1 Å². The minimum absolute atomic E-state index is 0.0350. The van der Waals surface area contributed by atoms with Crippen molar-refractivity contribution in [3.05, 3.63) is 91.5 Å². The Hall–Kier alpha value is -6.04. The van der Waals surface area contributed by atoms with E-state index in [4.69, 9.17) is 36.4 Å². The van der Waals surface area contributed by atoms with Gasteiger partial charge >= 0.3 is 6.09 Å². The molecule has 16 nitrogen and oxygen atoms in total. The quantitative estimate of drug-likeness (QED) is 0.126. The second kappa shape index (κ2) is 15.7. The van der Waals surface area contributed by atoms with Crippen LogP contribution >= 0.6 is 0 Å². The number of fused-ring (bicyclic) bond motifs is 1. The second-order valence-electron chi connectivity index (χ2n) is 15.3. The lowest BCUT2D eigenvalue weighted by molar-refractivity contribution is -0.141. The molecule has 1 aliphatic heterocycles. The van der Waals surface area contributed by atoms with Gasteiger partial charge in [-0.25, -0.2) is 18.2 Å². The fourth-order valence-electron chi connectivity index (χ4n) is 7.05. The minimum Gasteiger partial charge on any atom is -0.497 e. The van der Waals surface area contributed by atoms with Crippen molar-refractivity contribution in [1.82, 2.24) is 19.5 Å². The van der Waals surface area contributed by atoms with Gasteiger partial charge in [0.2, 0.25) is 11.8 Å². The third-order valence-corrected chi connectivity index (χ3v) is 11.7. The van der Waals surface area contributed by atoms with E-state index in [9.17, 15) is 27.6 Å². The summed E-state index contributed by atoms with van der Waals surface area (Å²) < 4.78 is 45.6. The third kappa shape index (κ3) is 7.92. The molecule has 0 spiro atoms. The number of benzene rings is 3. The van der Waals surface area contributed by atoms with E-state index in [1.54, 1.807) is 31.4 Å². The zero-order valence-corrected chi connectivity index (χ0v) is 33.6. The van der Waals surface area contributed by atoms with Gasteiger partial charge in [-0.05, 0) is 64.1 Å². The average Bonchev–Trinajstić information content (AvgIpc) is 3.51. The number of ether oxygens (including phenoxy) is 3. The number of likely N-dealkylation sites (tertiary alicyclic amines) is 1. The van der Waals surface area contributed by atoms with Gasteiger partial charge in [-0.15, -0.1) is 10.9 Å². The number of hydrogen-bond donors (Lipinski definition) is 4. The Kier molecular flexibility index (Phi) is 11.3. The number of nitrogens with two attached hydrogens (primary N) is 3. The summed E-state index contributed by atoms with van der Waals surface area (Å²) in [5.41, 5.74) is 17.1. The summed E-state index contributed by atoms with van der Waals surface area (Å²) in [5, 5.41) is 3.28. The molecule has 2 fully saturated rings. The maximum Gasteiger partial charge on any atom is 0.431 e. The zero-order valence-electron chi connectivity index (χ0n) is 32.7. The number of methoxy groups -OCH3 is 1. The van der Waals surface area contributed by atoms with Crippen molar-refractivity contribution in [2.24, 2.45) is 17.4 Å². The Labute approximate surface area is 336 Å². The molecule has 2 aliphatic rings. The number of nitrogens with zero attached hydrogens (tertiary/aromatic N) is 3. The highest BCUT2D eigenvalue weighted by atomic mass is 32.2. The molecule has 6 atom stereocenters. The monoisotopic (exact) mass is 813 g/mol. The Morgan fingerprint density at radius 2 is 1.72 bits per heavy atom. The number of sulfonamides is 1. The number of nitrogen functional groups attached to an aromatic ring is 1. The van der Waals surface area contributed by atoms with Crippen molar-refractivity contribution < 1.29 is 41.8 Å². The van der Waals surface area contributed by atoms with Crippen molar-refractivity contribution in [2.45, 2.75) is 74.4 Å². The number of carbonyl (C=O) groups excluding carboxylic acids is 4. The molecule has 2 heterocycles. The molecule has 7 N–H and O–H groups in total. The predicted octanol–water partition coefficient (Wildman–Crippen LogP) is 3.34. The molecule has 1 saturated heterocycles. The van der Waals surface area contributed by atoms with E-state index < -0.39 is 80.0 Å². The third-order valence-electron chi connectivity index (χ3n) is 10.0. The van der Waals surface area contributed by atoms with Crippen molar-refractivity contribution in [2.75, 3.05) is 19.4 Å². The Morgan fingerprint density at radius 1 is 1.05 bits per heavy atom. The molecule has 1 aromatic heterocycles. The summed E-state index contributed by atoms with van der Waals surface area (Å²) in [5.74, 6) is -2.85. The molecule has 2 unspecified atom stereocenters. The highest BCUT2D eigenvalue weighted by Crippen LogP contribution is 2.46. The van der Waals surface area contributed by atoms with Crippen LogP contribution in [0.1, 0.15) is 34.1 Å². The van der Waals surface area contributed by atoms with E-state index in [1.807, 2.05) is 30.3 Å². The molecular weight excluding hydrogens is 767 g/mol. The Balaban J connectivity index is 1.35. The van der Waals surface area contributed by atoms with E-state index in [2.05, 4.69) is 11.9 Å². The van der Waals surface area contributed by atoms with Crippen LogP contribution in [0.5, 0.6) is 11.5 Å². The van der Waals surface area contributed by atoms with E-state index >= 15 is 0 Å². The first-order chi connectivity index (χ1) is 27.3. The number of nitrogens with one attached hydrogen (secondary N) is 1. The van der Waals surface area contributed by atoms with Crippen LogP contribution in [0.3, 0.4) is 0 Å². The number of amides is 4. The Morgan fingerprint density at radius 3 is 2.31 bits per heavy atom. The maximum atomic E-state index is 14.7. The molecule has 4 aromatic rings. The Bertz CT molecular complexity index is 2370. The van der Waals surface area contributed by atoms with Gasteiger partial charge in [-0.2, -0.15) is 0 Å². The molecule has 6 rings (SSSR count). The number of pyridine rings is 1. The van der Waals surface area contributed by atoms with E-state index in [0.717, 1.165) is 17.7 Å². The number of carbonyl (C=O) groups is 4. The number of anilines is 1. The van der Waals surface area contributed by atoms with E-state index in [1.165, 1.54) is 50.8 Å². The fourth-order valence-corrected chi connectivity index (χ4v) is 8.34. The van der Waals surface area contributed by atoms with Gasteiger partial charge in [0.25, 0.3) is 15.9 Å². The largest absolute Gasteiger partial charge is 0.497 e. The summed E-state index contributed by atoms with van der Waals surface area (Å²) >= 11 is 0. The first-order valence-electron chi connectivity index (χ1n) is 18.5. The van der Waals surface area contributed by atoms with Gasteiger partial charge in [0, 0.05) is 47.2 Å². The second-order valence-corrected chi connectivity index (χ2v) is 17.1. The number of rotatable bonds is 11. The van der Waals surface area contributed by atoms with Crippen LogP contribution in [0.15, 0.2) is 96.4 Å². The van der Waals surface area contributed by atoms with Gasteiger partial charge in [0.1, 0.15) is 34.8 Å². The number of aromatic nitrogens is 1. The highest BCUT2D eigenvalue weighted by Gasteiger charge is 2.71. The smallest absolute Gasteiger partial charge is 0.431 e. The van der Waals surface area contributed by atoms with Gasteiger partial charge in [-0.1, -0.05) is 36.4 Å². The summed E-state index contributed by atoms with van der Waals surface area (Å²) in [6, 6.07) is 17.8. The summed E-state index contributed by atoms with van der Waals surface area (Å²) in [6.45, 7) is 9.62. The standard InChI is InChI=1S/C41H47N7O9S/c1-7-30-35(44)41(30,38(51)48(39(52)57-40(3,4)5)58(53,54)28-16-13-25(43)14-17-28)46-36(49)33-20-27(22-47(33)37(50)23(2)42)56-34-21-31(24-11-9-8-10-12-24)45-32-19-26(55-6)15-18-29(32)34/h7-19,21,23,27,30,33,35H,1,20,22,42-44H2,2-6H3,(H,46,49)/t23-,27?,30-,33-,35?,41+/m0/s1. The number of imide groups is 1. The molecular formula is C41H47N7O9S. The van der Waals surface area contributed by atoms with Gasteiger partial charge in [-0.3, -0.25) is 14.4 Å². The van der Waals surface area contributed by atoms with Gasteiger partial charge in [0.05, 0.1) is 35.8 Å². The lowest BCUT2D eigenvalue weighted by Gasteiger charge is -2.31.